The van der Waals surface area contributed by atoms with Crippen LogP contribution in [-0.4, -0.2) is 24.1 Å². The Balaban J connectivity index is 1.90. The summed E-state index contributed by atoms with van der Waals surface area (Å²) >= 11 is 0. The first kappa shape index (κ1) is 13.4. The number of hydrogen-bond acceptors (Lipinski definition) is 5. The predicted molar refractivity (Wildman–Crippen MR) is 92.0 cm³/mol. The Bertz CT molecular complexity index is 1140. The van der Waals surface area contributed by atoms with E-state index in [1.807, 2.05) is 25.1 Å². The van der Waals surface area contributed by atoms with E-state index in [1.165, 1.54) is 0 Å². The van der Waals surface area contributed by atoms with Crippen molar-refractivity contribution in [2.45, 2.75) is 6.92 Å². The van der Waals surface area contributed by atoms with Crippen LogP contribution in [-0.2, 0) is 0 Å². The van der Waals surface area contributed by atoms with Crippen LogP contribution < -0.4 is 14.2 Å². The van der Waals surface area contributed by atoms with Crippen molar-refractivity contribution in [3.8, 4) is 17.2 Å². The molecule has 0 aliphatic carbocycles. The minimum absolute atomic E-state index is 0.249. The number of aromatic nitrogens is 2. The summed E-state index contributed by atoms with van der Waals surface area (Å²) in [5.74, 6) is 2.35. The molecule has 0 atom stereocenters. The van der Waals surface area contributed by atoms with Gasteiger partial charge in [-0.05, 0) is 36.1 Å². The highest BCUT2D eigenvalue weighted by molar-refractivity contribution is 6.14. The molecule has 1 aliphatic rings. The normalized spacial score (nSPS) is 13.1. The van der Waals surface area contributed by atoms with Gasteiger partial charge in [-0.15, -0.1) is 10.2 Å². The molecule has 0 unspecified atom stereocenters. The van der Waals surface area contributed by atoms with E-state index in [-0.39, 0.29) is 6.79 Å². The fourth-order valence-electron chi connectivity index (χ4n) is 3.32. The summed E-state index contributed by atoms with van der Waals surface area (Å²) in [4.78, 5) is 0. The SMILES string of the molecule is COc1cc2ccc3c4cc5c(cc4nnc3c2cc1C)OCO5. The molecule has 2 heterocycles. The van der Waals surface area contributed by atoms with Crippen molar-refractivity contribution >= 4 is 32.6 Å². The van der Waals surface area contributed by atoms with Crippen LogP contribution in [0.1, 0.15) is 5.56 Å². The summed E-state index contributed by atoms with van der Waals surface area (Å²) in [7, 11) is 1.69. The molecule has 5 heteroatoms. The molecule has 3 aromatic carbocycles. The van der Waals surface area contributed by atoms with Gasteiger partial charge in [0.1, 0.15) is 11.3 Å². The van der Waals surface area contributed by atoms with Gasteiger partial charge in [-0.1, -0.05) is 12.1 Å². The maximum atomic E-state index is 5.51. The molecule has 0 radical (unpaired) electrons. The zero-order chi connectivity index (χ0) is 16.3. The molecular formula is C19H14N2O3. The van der Waals surface area contributed by atoms with Gasteiger partial charge in [-0.25, -0.2) is 0 Å². The fourth-order valence-corrected chi connectivity index (χ4v) is 3.32. The summed E-state index contributed by atoms with van der Waals surface area (Å²) in [5.41, 5.74) is 2.76. The molecule has 0 amide bonds. The Hall–Kier alpha value is -3.08. The minimum atomic E-state index is 0.249. The first-order valence-electron chi connectivity index (χ1n) is 7.72. The van der Waals surface area contributed by atoms with Crippen LogP contribution in [0, 0.1) is 6.92 Å². The van der Waals surface area contributed by atoms with Gasteiger partial charge in [0, 0.05) is 22.2 Å². The monoisotopic (exact) mass is 318 g/mol. The molecule has 0 N–H and O–H groups in total. The molecule has 5 nitrogen and oxygen atoms in total. The van der Waals surface area contributed by atoms with Gasteiger partial charge in [0.2, 0.25) is 6.79 Å². The molecule has 5 rings (SSSR count). The molecule has 0 saturated heterocycles. The molecule has 4 aromatic rings. The quantitative estimate of drug-likeness (QED) is 0.497. The number of rotatable bonds is 1. The van der Waals surface area contributed by atoms with Crippen LogP contribution in [0.25, 0.3) is 32.6 Å². The summed E-state index contributed by atoms with van der Waals surface area (Å²) in [6.07, 6.45) is 0. The van der Waals surface area contributed by atoms with E-state index >= 15 is 0 Å². The lowest BCUT2D eigenvalue weighted by atomic mass is 10.0. The lowest BCUT2D eigenvalue weighted by molar-refractivity contribution is 0.174. The van der Waals surface area contributed by atoms with Gasteiger partial charge in [0.05, 0.1) is 12.6 Å². The third kappa shape index (κ3) is 1.75. The van der Waals surface area contributed by atoms with Gasteiger partial charge in [0.25, 0.3) is 0 Å². The maximum absolute atomic E-state index is 5.51. The highest BCUT2D eigenvalue weighted by Crippen LogP contribution is 2.39. The van der Waals surface area contributed by atoms with Crippen LogP contribution in [0.4, 0.5) is 0 Å². The molecule has 0 bridgehead atoms. The third-order valence-electron chi connectivity index (χ3n) is 4.55. The fraction of sp³-hybridized carbons (Fsp3) is 0.158. The number of fused-ring (bicyclic) bond motifs is 6. The number of benzene rings is 3. The zero-order valence-corrected chi connectivity index (χ0v) is 13.3. The number of methoxy groups -OCH3 is 1. The smallest absolute Gasteiger partial charge is 0.231 e. The predicted octanol–water partition coefficient (Wildman–Crippen LogP) is 3.98. The Kier molecular flexibility index (Phi) is 2.62. The molecule has 0 saturated carbocycles. The van der Waals surface area contributed by atoms with Crippen LogP contribution >= 0.6 is 0 Å². The van der Waals surface area contributed by atoms with Gasteiger partial charge >= 0.3 is 0 Å². The second-order valence-corrected chi connectivity index (χ2v) is 5.93. The summed E-state index contributed by atoms with van der Waals surface area (Å²) in [6.45, 7) is 2.28. The minimum Gasteiger partial charge on any atom is -0.496 e. The van der Waals surface area contributed by atoms with Crippen LogP contribution in [0.3, 0.4) is 0 Å². The summed E-state index contributed by atoms with van der Waals surface area (Å²) in [6, 6.07) is 12.2. The van der Waals surface area contributed by atoms with E-state index in [0.717, 1.165) is 55.4 Å². The van der Waals surface area contributed by atoms with Crippen LogP contribution in [0.2, 0.25) is 0 Å². The maximum Gasteiger partial charge on any atom is 0.231 e. The Morgan fingerprint density at radius 3 is 2.58 bits per heavy atom. The Labute approximate surface area is 137 Å². The van der Waals surface area contributed by atoms with E-state index < -0.39 is 0 Å². The van der Waals surface area contributed by atoms with E-state index in [0.29, 0.717) is 0 Å². The standard InChI is InChI=1S/C19H14N2O3/c1-10-5-13-11(6-16(10)22-2)3-4-12-14-7-17-18(24-9-23-17)8-15(14)20-21-19(12)13/h3-8H,9H2,1-2H3. The topological polar surface area (TPSA) is 53.5 Å². The second-order valence-electron chi connectivity index (χ2n) is 5.93. The molecule has 0 fully saturated rings. The van der Waals surface area contributed by atoms with E-state index in [2.05, 4.69) is 28.4 Å². The van der Waals surface area contributed by atoms with Crippen molar-refractivity contribution in [2.75, 3.05) is 13.9 Å². The first-order valence-corrected chi connectivity index (χ1v) is 7.72. The first-order chi connectivity index (χ1) is 11.7. The molecule has 118 valence electrons. The highest BCUT2D eigenvalue weighted by atomic mass is 16.7. The van der Waals surface area contributed by atoms with Gasteiger partial charge < -0.3 is 14.2 Å². The molecule has 24 heavy (non-hydrogen) atoms. The summed E-state index contributed by atoms with van der Waals surface area (Å²) in [5, 5.41) is 13.1. The lowest BCUT2D eigenvalue weighted by Gasteiger charge is -2.10. The van der Waals surface area contributed by atoms with Gasteiger partial charge in [-0.2, -0.15) is 0 Å². The van der Waals surface area contributed by atoms with E-state index in [9.17, 15) is 0 Å². The largest absolute Gasteiger partial charge is 0.496 e. The third-order valence-corrected chi connectivity index (χ3v) is 4.55. The number of hydrogen-bond donors (Lipinski definition) is 0. The average molecular weight is 318 g/mol. The summed E-state index contributed by atoms with van der Waals surface area (Å²) < 4.78 is 16.4. The van der Waals surface area contributed by atoms with E-state index in [4.69, 9.17) is 14.2 Å². The molecule has 1 aliphatic heterocycles. The van der Waals surface area contributed by atoms with Gasteiger partial charge in [0.15, 0.2) is 11.5 Å². The van der Waals surface area contributed by atoms with Crippen molar-refractivity contribution in [3.05, 3.63) is 42.0 Å². The number of nitrogens with zero attached hydrogens (tertiary/aromatic N) is 2. The molecular weight excluding hydrogens is 304 g/mol. The van der Waals surface area contributed by atoms with Crippen molar-refractivity contribution in [1.82, 2.24) is 10.2 Å². The highest BCUT2D eigenvalue weighted by Gasteiger charge is 2.17. The molecule has 1 aromatic heterocycles. The van der Waals surface area contributed by atoms with Crippen molar-refractivity contribution < 1.29 is 14.2 Å². The van der Waals surface area contributed by atoms with Crippen molar-refractivity contribution in [2.24, 2.45) is 0 Å². The van der Waals surface area contributed by atoms with E-state index in [1.54, 1.807) is 7.11 Å². The lowest BCUT2D eigenvalue weighted by Crippen LogP contribution is -1.92. The van der Waals surface area contributed by atoms with Gasteiger partial charge in [-0.3, -0.25) is 0 Å². The average Bonchev–Trinajstić information content (AvgIpc) is 3.06. The number of aryl methyl sites for hydroxylation is 1. The van der Waals surface area contributed by atoms with Crippen LogP contribution in [0.5, 0.6) is 17.2 Å². The Morgan fingerprint density at radius 2 is 1.75 bits per heavy atom. The Morgan fingerprint density at radius 1 is 0.917 bits per heavy atom. The zero-order valence-electron chi connectivity index (χ0n) is 13.3. The van der Waals surface area contributed by atoms with Crippen molar-refractivity contribution in [3.63, 3.8) is 0 Å². The molecule has 0 spiro atoms. The second kappa shape index (κ2) is 4.71. The van der Waals surface area contributed by atoms with Crippen LogP contribution in [0.15, 0.2) is 36.4 Å². The van der Waals surface area contributed by atoms with Crippen molar-refractivity contribution in [1.29, 1.82) is 0 Å². The number of ether oxygens (including phenoxy) is 3.